The summed E-state index contributed by atoms with van der Waals surface area (Å²) in [6.07, 6.45) is 29.3. The van der Waals surface area contributed by atoms with E-state index in [1.165, 1.54) is 64.2 Å². The molecule has 2 atom stereocenters. The number of carboxylic acids is 4. The molecule has 8 nitrogen and oxygen atoms in total. The fourth-order valence-electron chi connectivity index (χ4n) is 4.32. The van der Waals surface area contributed by atoms with Crippen molar-refractivity contribution in [1.82, 2.24) is 0 Å². The summed E-state index contributed by atoms with van der Waals surface area (Å²) in [4.78, 5) is 40.6. The van der Waals surface area contributed by atoms with E-state index < -0.39 is 23.9 Å². The van der Waals surface area contributed by atoms with Crippen LogP contribution >= 0.6 is 0 Å². The molecular weight excluding hydrogens is 725 g/mol. The van der Waals surface area contributed by atoms with Crippen LogP contribution in [0.4, 0.5) is 0 Å². The van der Waals surface area contributed by atoms with Gasteiger partial charge < -0.3 is 39.6 Å². The molecule has 0 heterocycles. The molecule has 0 aromatic rings. The molecule has 2 unspecified atom stereocenters. The zero-order chi connectivity index (χ0) is 35.8. The Hall–Kier alpha value is -1.26. The first kappa shape index (κ1) is 55.2. The van der Waals surface area contributed by atoms with E-state index in [-0.39, 0.29) is 53.6 Å². The smallest absolute Gasteiger partial charge is 0.550 e. The minimum atomic E-state index is -1.09. The van der Waals surface area contributed by atoms with Crippen LogP contribution in [-0.2, 0) is 19.2 Å². The second-order valence-electron chi connectivity index (χ2n) is 11.7. The summed E-state index contributed by atoms with van der Waals surface area (Å²) in [5.74, 6) is -4.41. The summed E-state index contributed by atoms with van der Waals surface area (Å²) in [6.45, 7) is 12.3. The van der Waals surface area contributed by atoms with E-state index in [9.17, 15) is 39.6 Å². The van der Waals surface area contributed by atoms with Crippen LogP contribution < -0.4 is 20.4 Å². The van der Waals surface area contributed by atoms with Gasteiger partial charge >= 0.3 is 41.7 Å². The van der Waals surface area contributed by atoms with Gasteiger partial charge in [0.1, 0.15) is 0 Å². The van der Waals surface area contributed by atoms with Crippen LogP contribution in [0, 0.1) is 53.6 Å². The van der Waals surface area contributed by atoms with Crippen molar-refractivity contribution in [1.29, 1.82) is 0 Å². The minimum absolute atomic E-state index is 0. The number of carbonyl (C=O) groups is 4. The molecule has 0 bridgehead atoms. The average Bonchev–Trinajstić information content (AvgIpc) is 3.01. The zero-order valence-electron chi connectivity index (χ0n) is 30.8. The Balaban J connectivity index is -0.000000167. The fourth-order valence-corrected chi connectivity index (χ4v) is 4.32. The van der Waals surface area contributed by atoms with Crippen molar-refractivity contribution in [3.8, 4) is 0 Å². The van der Waals surface area contributed by atoms with E-state index in [4.69, 9.17) is 0 Å². The van der Waals surface area contributed by atoms with Gasteiger partial charge in [0, 0.05) is 11.9 Å². The molecule has 0 spiro atoms. The van der Waals surface area contributed by atoms with Gasteiger partial charge in [-0.2, -0.15) is 0 Å². The van der Waals surface area contributed by atoms with Gasteiger partial charge in [0.2, 0.25) is 0 Å². The topological polar surface area (TPSA) is 161 Å². The first-order chi connectivity index (χ1) is 22.0. The zero-order valence-corrected chi connectivity index (χ0v) is 33.9. The van der Waals surface area contributed by atoms with Crippen LogP contribution in [0.2, 0.25) is 0 Å². The average molecular weight is 793 g/mol. The molecule has 0 fully saturated rings. The molecule has 0 N–H and O–H groups in total. The molecule has 0 rings (SSSR count). The van der Waals surface area contributed by atoms with Crippen LogP contribution in [0.15, 0.2) is 24.3 Å². The van der Waals surface area contributed by atoms with Gasteiger partial charge in [0.15, 0.2) is 0 Å². The van der Waals surface area contributed by atoms with Gasteiger partial charge in [-0.25, -0.2) is 0 Å². The first-order valence-corrected chi connectivity index (χ1v) is 18.1. The maximum atomic E-state index is 10.3. The predicted octanol–water partition coefficient (Wildman–Crippen LogP) is 5.99. The number of carbonyl (C=O) groups excluding carboxylic acids is 4. The van der Waals surface area contributed by atoms with Crippen LogP contribution in [0.1, 0.15) is 183 Å². The fraction of sp³-hybridized carbons (Fsp3) is 0.789. The summed E-state index contributed by atoms with van der Waals surface area (Å²) in [5, 5.41) is 40.6. The summed E-state index contributed by atoms with van der Waals surface area (Å²) in [7, 11) is 0. The molecule has 0 radical (unpaired) electrons. The molecule has 9 heteroatoms. The quantitative estimate of drug-likeness (QED) is 0.0763. The molecule has 0 aromatic carbocycles. The van der Waals surface area contributed by atoms with E-state index in [1.54, 1.807) is 12.2 Å². The number of hydrogen-bond acceptors (Lipinski definition) is 8. The number of hydrogen-bond donors (Lipinski definition) is 0. The van der Waals surface area contributed by atoms with Crippen molar-refractivity contribution in [2.24, 2.45) is 11.8 Å². The normalized spacial score (nSPS) is 11.5. The van der Waals surface area contributed by atoms with Crippen LogP contribution in [0.3, 0.4) is 0 Å². The van der Waals surface area contributed by atoms with Crippen molar-refractivity contribution in [3.05, 3.63) is 24.3 Å². The number of rotatable bonds is 26. The van der Waals surface area contributed by atoms with Crippen molar-refractivity contribution in [2.75, 3.05) is 0 Å². The Morgan fingerprint density at radius 1 is 0.447 bits per heavy atom. The third-order valence-corrected chi connectivity index (χ3v) is 7.42. The molecule has 0 aliphatic heterocycles. The molecule has 0 aliphatic carbocycles. The van der Waals surface area contributed by atoms with Crippen molar-refractivity contribution < 1.29 is 81.4 Å². The standard InChI is InChI=1S/2C11H20O2.2C8H16O2.Ce/c2*1-2-3-4-5-6-7-8-9-10-11(12)13;2*1-3-5-6-7(4-2)8(9)10;/h2*9-10H,2-8H2,1H3,(H,12,13);2*7H,3-6H2,1-2H3,(H,9,10);/q;;;;+4/p-4. The van der Waals surface area contributed by atoms with Crippen molar-refractivity contribution in [2.45, 2.75) is 183 Å². The molecule has 0 aliphatic rings. The molecular formula is C38H68CeO8. The van der Waals surface area contributed by atoms with E-state index in [0.717, 1.165) is 76.4 Å². The van der Waals surface area contributed by atoms with Gasteiger partial charge in [-0.05, 0) is 75.4 Å². The number of carboxylic acid groups (broad SMARTS) is 4. The molecule has 47 heavy (non-hydrogen) atoms. The van der Waals surface area contributed by atoms with Crippen LogP contribution in [-0.4, -0.2) is 23.9 Å². The monoisotopic (exact) mass is 792 g/mol. The maximum absolute atomic E-state index is 10.3. The molecule has 0 saturated heterocycles. The van der Waals surface area contributed by atoms with E-state index in [0.29, 0.717) is 12.8 Å². The van der Waals surface area contributed by atoms with E-state index >= 15 is 0 Å². The van der Waals surface area contributed by atoms with Gasteiger partial charge in [-0.3, -0.25) is 0 Å². The van der Waals surface area contributed by atoms with E-state index in [2.05, 4.69) is 27.7 Å². The Labute approximate surface area is 322 Å². The second kappa shape index (κ2) is 46.9. The Kier molecular flexibility index (Phi) is 55.0. The third kappa shape index (κ3) is 54.5. The predicted molar refractivity (Wildman–Crippen MR) is 181 cm³/mol. The van der Waals surface area contributed by atoms with Crippen LogP contribution in [0.5, 0.6) is 0 Å². The summed E-state index contributed by atoms with van der Waals surface area (Å²) in [5.41, 5.74) is 0. The first-order valence-electron chi connectivity index (χ1n) is 18.1. The van der Waals surface area contributed by atoms with Gasteiger partial charge in [-0.1, -0.05) is 144 Å². The van der Waals surface area contributed by atoms with Gasteiger partial charge in [-0.15, -0.1) is 0 Å². The van der Waals surface area contributed by atoms with Crippen molar-refractivity contribution in [3.63, 3.8) is 0 Å². The third-order valence-electron chi connectivity index (χ3n) is 7.42. The Bertz CT molecular complexity index is 690. The summed E-state index contributed by atoms with van der Waals surface area (Å²) >= 11 is 0. The number of allylic oxidation sites excluding steroid dienone is 2. The maximum Gasteiger partial charge on any atom is 4.00 e. The Morgan fingerprint density at radius 3 is 0.957 bits per heavy atom. The van der Waals surface area contributed by atoms with Gasteiger partial charge in [0.05, 0.1) is 11.9 Å². The molecule has 0 aromatic heterocycles. The Morgan fingerprint density at radius 2 is 0.723 bits per heavy atom. The number of aliphatic carboxylic acids is 4. The second-order valence-corrected chi connectivity index (χ2v) is 11.7. The molecule has 0 amide bonds. The van der Waals surface area contributed by atoms with Crippen LogP contribution in [0.25, 0.3) is 0 Å². The minimum Gasteiger partial charge on any atom is -0.550 e. The SMILES string of the molecule is CCCCC(CC)C(=O)[O-].CCCCC(CC)C(=O)[O-].CCCCCCCCC=CC(=O)[O-].CCCCCCCCC=CC(=O)[O-].[Ce+4]. The van der Waals surface area contributed by atoms with Gasteiger partial charge in [0.25, 0.3) is 0 Å². The summed E-state index contributed by atoms with van der Waals surface area (Å²) < 4.78 is 0. The number of unbranched alkanes of at least 4 members (excludes halogenated alkanes) is 14. The molecule has 0 saturated carbocycles. The molecule has 272 valence electrons. The van der Waals surface area contributed by atoms with E-state index in [1.807, 2.05) is 13.8 Å². The largest absolute Gasteiger partial charge is 4.00 e. The summed E-state index contributed by atoms with van der Waals surface area (Å²) in [6, 6.07) is 0. The van der Waals surface area contributed by atoms with Crippen molar-refractivity contribution >= 4 is 23.9 Å².